The fourth-order valence-electron chi connectivity index (χ4n) is 1.78. The minimum absolute atomic E-state index is 0.0569. The standard InChI is InChI=1S/C15H14F2N2O/c16-15(17,12-6-2-1-3-7-12)10-19-13-8-4-5-11(9-13)14(18)20/h1-9,19H,10H2,(H2,18,20). The van der Waals surface area contributed by atoms with Crippen LogP contribution in [0.5, 0.6) is 0 Å². The Morgan fingerprint density at radius 3 is 2.45 bits per heavy atom. The number of carbonyl (C=O) groups excluding carboxylic acids is 1. The van der Waals surface area contributed by atoms with Gasteiger partial charge >= 0.3 is 0 Å². The SMILES string of the molecule is NC(=O)c1cccc(NCC(F)(F)c2ccccc2)c1. The van der Waals surface area contributed by atoms with Crippen molar-refractivity contribution >= 4 is 11.6 Å². The van der Waals surface area contributed by atoms with Crippen molar-refractivity contribution < 1.29 is 13.6 Å². The molecule has 0 aliphatic heterocycles. The van der Waals surface area contributed by atoms with Crippen LogP contribution < -0.4 is 11.1 Å². The number of benzene rings is 2. The average Bonchev–Trinajstić information content (AvgIpc) is 2.46. The molecule has 0 aliphatic rings. The van der Waals surface area contributed by atoms with Crippen LogP contribution in [0, 0.1) is 0 Å². The zero-order valence-corrected chi connectivity index (χ0v) is 10.6. The summed E-state index contributed by atoms with van der Waals surface area (Å²) in [5.74, 6) is -3.59. The zero-order chi connectivity index (χ0) is 14.6. The molecule has 0 radical (unpaired) electrons. The van der Waals surface area contributed by atoms with Crippen LogP contribution in [0.2, 0.25) is 0 Å². The quantitative estimate of drug-likeness (QED) is 0.882. The van der Waals surface area contributed by atoms with Gasteiger partial charge in [-0.2, -0.15) is 8.78 Å². The molecule has 0 aromatic heterocycles. The summed E-state index contributed by atoms with van der Waals surface area (Å²) >= 11 is 0. The summed E-state index contributed by atoms with van der Waals surface area (Å²) in [6.07, 6.45) is 0. The highest BCUT2D eigenvalue weighted by Crippen LogP contribution is 2.28. The van der Waals surface area contributed by atoms with Gasteiger partial charge in [0.2, 0.25) is 5.91 Å². The molecule has 0 spiro atoms. The molecule has 0 fully saturated rings. The van der Waals surface area contributed by atoms with E-state index >= 15 is 0 Å². The molecule has 0 unspecified atom stereocenters. The Hall–Kier alpha value is -2.43. The van der Waals surface area contributed by atoms with E-state index < -0.39 is 18.4 Å². The minimum atomic E-state index is -3.00. The number of carbonyl (C=O) groups is 1. The summed E-state index contributed by atoms with van der Waals surface area (Å²) in [5, 5.41) is 2.62. The predicted octanol–water partition coefficient (Wildman–Crippen LogP) is 2.99. The van der Waals surface area contributed by atoms with Gasteiger partial charge in [0.15, 0.2) is 0 Å². The van der Waals surface area contributed by atoms with Gasteiger partial charge in [-0.25, -0.2) is 0 Å². The van der Waals surface area contributed by atoms with E-state index in [1.807, 2.05) is 0 Å². The molecule has 0 bridgehead atoms. The lowest BCUT2D eigenvalue weighted by Gasteiger charge is -2.18. The molecule has 20 heavy (non-hydrogen) atoms. The van der Waals surface area contributed by atoms with Crippen molar-refractivity contribution in [1.29, 1.82) is 0 Å². The third-order valence-corrected chi connectivity index (χ3v) is 2.86. The van der Waals surface area contributed by atoms with Crippen LogP contribution in [0.3, 0.4) is 0 Å². The molecule has 3 nitrogen and oxygen atoms in total. The number of anilines is 1. The topological polar surface area (TPSA) is 55.1 Å². The molecule has 104 valence electrons. The number of primary amides is 1. The zero-order valence-electron chi connectivity index (χ0n) is 10.6. The first-order valence-electron chi connectivity index (χ1n) is 6.06. The Morgan fingerprint density at radius 1 is 1.10 bits per heavy atom. The van der Waals surface area contributed by atoms with Crippen LogP contribution in [0.25, 0.3) is 0 Å². The third kappa shape index (κ3) is 3.32. The van der Waals surface area contributed by atoms with Gasteiger partial charge < -0.3 is 11.1 Å². The van der Waals surface area contributed by atoms with E-state index in [-0.39, 0.29) is 11.1 Å². The molecule has 0 saturated carbocycles. The van der Waals surface area contributed by atoms with Gasteiger partial charge in [0.1, 0.15) is 0 Å². The maximum Gasteiger partial charge on any atom is 0.290 e. The van der Waals surface area contributed by atoms with Gasteiger partial charge in [0, 0.05) is 16.8 Å². The maximum absolute atomic E-state index is 13.9. The second kappa shape index (κ2) is 5.69. The van der Waals surface area contributed by atoms with Crippen LogP contribution in [0.15, 0.2) is 54.6 Å². The Balaban J connectivity index is 2.08. The second-order valence-corrected chi connectivity index (χ2v) is 4.37. The molecule has 5 heteroatoms. The van der Waals surface area contributed by atoms with Gasteiger partial charge in [-0.05, 0) is 18.2 Å². The Labute approximate surface area is 115 Å². The van der Waals surface area contributed by atoms with Gasteiger partial charge in [-0.1, -0.05) is 36.4 Å². The number of rotatable bonds is 5. The predicted molar refractivity (Wildman–Crippen MR) is 73.8 cm³/mol. The molecule has 0 saturated heterocycles. The van der Waals surface area contributed by atoms with E-state index in [1.54, 1.807) is 30.3 Å². The molecule has 0 atom stereocenters. The first-order valence-corrected chi connectivity index (χ1v) is 6.06. The molecular weight excluding hydrogens is 262 g/mol. The second-order valence-electron chi connectivity index (χ2n) is 4.37. The first kappa shape index (κ1) is 14.0. The summed E-state index contributed by atoms with van der Waals surface area (Å²) in [7, 11) is 0. The summed E-state index contributed by atoms with van der Waals surface area (Å²) in [4.78, 5) is 11.0. The summed E-state index contributed by atoms with van der Waals surface area (Å²) in [6, 6.07) is 13.7. The van der Waals surface area contributed by atoms with E-state index in [2.05, 4.69) is 5.32 Å². The minimum Gasteiger partial charge on any atom is -0.379 e. The van der Waals surface area contributed by atoms with Gasteiger partial charge in [0.05, 0.1) is 6.54 Å². The van der Waals surface area contributed by atoms with Crippen LogP contribution in [0.1, 0.15) is 15.9 Å². The third-order valence-electron chi connectivity index (χ3n) is 2.86. The number of nitrogens with two attached hydrogens (primary N) is 1. The lowest BCUT2D eigenvalue weighted by molar-refractivity contribution is 0.0106. The Kier molecular flexibility index (Phi) is 3.98. The van der Waals surface area contributed by atoms with Gasteiger partial charge in [-0.15, -0.1) is 0 Å². The van der Waals surface area contributed by atoms with Crippen LogP contribution in [-0.4, -0.2) is 12.5 Å². The average molecular weight is 276 g/mol. The van der Waals surface area contributed by atoms with E-state index in [1.165, 1.54) is 24.3 Å². The molecule has 2 rings (SSSR count). The number of hydrogen-bond acceptors (Lipinski definition) is 2. The molecule has 2 aromatic carbocycles. The van der Waals surface area contributed by atoms with Crippen molar-refractivity contribution in [3.05, 3.63) is 65.7 Å². The van der Waals surface area contributed by atoms with Crippen LogP contribution >= 0.6 is 0 Å². The normalized spacial score (nSPS) is 11.1. The highest BCUT2D eigenvalue weighted by atomic mass is 19.3. The molecule has 0 aliphatic carbocycles. The van der Waals surface area contributed by atoms with Crippen molar-refractivity contribution in [3.63, 3.8) is 0 Å². The summed E-state index contributed by atoms with van der Waals surface area (Å²) < 4.78 is 27.9. The van der Waals surface area contributed by atoms with E-state index in [0.717, 1.165) is 0 Å². The van der Waals surface area contributed by atoms with E-state index in [9.17, 15) is 13.6 Å². The number of halogens is 2. The van der Waals surface area contributed by atoms with Crippen molar-refractivity contribution in [1.82, 2.24) is 0 Å². The van der Waals surface area contributed by atoms with Crippen LogP contribution in [-0.2, 0) is 5.92 Å². The highest BCUT2D eigenvalue weighted by molar-refractivity contribution is 5.93. The summed E-state index contributed by atoms with van der Waals surface area (Å²) in [5.41, 5.74) is 5.79. The molecular formula is C15H14F2N2O. The lowest BCUT2D eigenvalue weighted by atomic mass is 10.1. The maximum atomic E-state index is 13.9. The van der Waals surface area contributed by atoms with E-state index in [0.29, 0.717) is 5.69 Å². The smallest absolute Gasteiger partial charge is 0.290 e. The van der Waals surface area contributed by atoms with Crippen molar-refractivity contribution in [2.45, 2.75) is 5.92 Å². The fourth-order valence-corrected chi connectivity index (χ4v) is 1.78. The molecule has 3 N–H and O–H groups in total. The largest absolute Gasteiger partial charge is 0.379 e. The van der Waals surface area contributed by atoms with Gasteiger partial charge in [0.25, 0.3) is 5.92 Å². The molecule has 2 aromatic rings. The fraction of sp³-hybridized carbons (Fsp3) is 0.133. The number of nitrogens with one attached hydrogen (secondary N) is 1. The lowest BCUT2D eigenvalue weighted by Crippen LogP contribution is -2.24. The van der Waals surface area contributed by atoms with Gasteiger partial charge in [-0.3, -0.25) is 4.79 Å². The Bertz CT molecular complexity index is 600. The monoisotopic (exact) mass is 276 g/mol. The molecule has 0 heterocycles. The van der Waals surface area contributed by atoms with Crippen molar-refractivity contribution in [3.8, 4) is 0 Å². The Morgan fingerprint density at radius 2 is 1.80 bits per heavy atom. The van der Waals surface area contributed by atoms with E-state index in [4.69, 9.17) is 5.73 Å². The van der Waals surface area contributed by atoms with Crippen molar-refractivity contribution in [2.75, 3.05) is 11.9 Å². The molecule has 1 amide bonds. The number of amides is 1. The number of alkyl halides is 2. The summed E-state index contributed by atoms with van der Waals surface area (Å²) in [6.45, 7) is -0.556. The number of hydrogen-bond donors (Lipinski definition) is 2. The van der Waals surface area contributed by atoms with Crippen molar-refractivity contribution in [2.24, 2.45) is 5.73 Å². The first-order chi connectivity index (χ1) is 9.49. The van der Waals surface area contributed by atoms with Crippen LogP contribution in [0.4, 0.5) is 14.5 Å². The highest BCUT2D eigenvalue weighted by Gasteiger charge is 2.30.